The van der Waals surface area contributed by atoms with Gasteiger partial charge in [-0.05, 0) is 61.0 Å². The molecule has 0 radical (unpaired) electrons. The first-order valence-corrected chi connectivity index (χ1v) is 9.87. The van der Waals surface area contributed by atoms with Crippen molar-refractivity contribution in [3.63, 3.8) is 0 Å². The Bertz CT molecular complexity index is 747. The predicted molar refractivity (Wildman–Crippen MR) is 105 cm³/mol. The summed E-state index contributed by atoms with van der Waals surface area (Å²) in [6, 6.07) is 9.70. The van der Waals surface area contributed by atoms with E-state index in [0.717, 1.165) is 18.7 Å². The lowest BCUT2D eigenvalue weighted by atomic mass is 10.2. The summed E-state index contributed by atoms with van der Waals surface area (Å²) in [6.45, 7) is 3.73. The number of anilines is 2. The van der Waals surface area contributed by atoms with E-state index in [1.165, 1.54) is 42.7 Å². The van der Waals surface area contributed by atoms with Crippen molar-refractivity contribution < 1.29 is 14.3 Å². The molecule has 3 rings (SSSR count). The Morgan fingerprint density at radius 1 is 1.08 bits per heavy atom. The van der Waals surface area contributed by atoms with Gasteiger partial charge in [0.05, 0.1) is 0 Å². The number of amides is 1. The van der Waals surface area contributed by atoms with E-state index in [0.29, 0.717) is 10.6 Å². The molecule has 0 saturated carbocycles. The molecule has 2 aromatic rings. The molecule has 0 unspecified atom stereocenters. The molecule has 1 aromatic heterocycles. The van der Waals surface area contributed by atoms with Crippen molar-refractivity contribution >= 4 is 34.6 Å². The first-order valence-electron chi connectivity index (χ1n) is 8.99. The Morgan fingerprint density at radius 3 is 2.38 bits per heavy atom. The maximum absolute atomic E-state index is 12.0. The quantitative estimate of drug-likeness (QED) is 0.798. The fraction of sp³-hybridized carbons (Fsp3) is 0.400. The fourth-order valence-corrected chi connectivity index (χ4v) is 3.88. The Balaban J connectivity index is 1.49. The van der Waals surface area contributed by atoms with Crippen LogP contribution in [-0.2, 0) is 9.53 Å². The minimum atomic E-state index is -0.454. The number of hydrogen-bond acceptors (Lipinski definition) is 5. The largest absolute Gasteiger partial charge is 0.451 e. The van der Waals surface area contributed by atoms with E-state index >= 15 is 0 Å². The van der Waals surface area contributed by atoms with Gasteiger partial charge in [-0.3, -0.25) is 4.79 Å². The summed E-state index contributed by atoms with van der Waals surface area (Å²) in [4.78, 5) is 26.9. The summed E-state index contributed by atoms with van der Waals surface area (Å²) in [5.41, 5.74) is 2.76. The first kappa shape index (κ1) is 18.5. The van der Waals surface area contributed by atoms with Crippen molar-refractivity contribution in [3.05, 3.63) is 46.2 Å². The maximum atomic E-state index is 12.0. The average Bonchev–Trinajstić information content (AvgIpc) is 2.90. The molecule has 2 heterocycles. The van der Waals surface area contributed by atoms with Crippen molar-refractivity contribution in [1.82, 2.24) is 0 Å². The van der Waals surface area contributed by atoms with Gasteiger partial charge in [0, 0.05) is 24.5 Å². The van der Waals surface area contributed by atoms with Crippen LogP contribution in [0.15, 0.2) is 35.7 Å². The van der Waals surface area contributed by atoms with Crippen LogP contribution >= 0.6 is 11.3 Å². The lowest BCUT2D eigenvalue weighted by Gasteiger charge is -2.22. The van der Waals surface area contributed by atoms with Crippen LogP contribution in [0.4, 0.5) is 11.4 Å². The van der Waals surface area contributed by atoms with Crippen molar-refractivity contribution in [2.24, 2.45) is 0 Å². The van der Waals surface area contributed by atoms with Gasteiger partial charge in [0.2, 0.25) is 0 Å². The van der Waals surface area contributed by atoms with Crippen LogP contribution in [-0.4, -0.2) is 31.6 Å². The monoisotopic (exact) mass is 372 g/mol. The van der Waals surface area contributed by atoms with E-state index in [-0.39, 0.29) is 12.5 Å². The number of carbonyl (C=O) groups is 2. The van der Waals surface area contributed by atoms with Crippen molar-refractivity contribution in [1.29, 1.82) is 0 Å². The van der Waals surface area contributed by atoms with Crippen LogP contribution in [0, 0.1) is 6.92 Å². The lowest BCUT2D eigenvalue weighted by molar-refractivity contribution is -0.119. The minimum Gasteiger partial charge on any atom is -0.451 e. The third kappa shape index (κ3) is 4.85. The van der Waals surface area contributed by atoms with Crippen LogP contribution < -0.4 is 10.2 Å². The summed E-state index contributed by atoms with van der Waals surface area (Å²) >= 11 is 1.32. The summed E-state index contributed by atoms with van der Waals surface area (Å²) in [5, 5.41) is 4.60. The SMILES string of the molecule is Cc1ccsc1C(=O)OCC(=O)Nc1ccc(N2CCCCCC2)cc1. The van der Waals surface area contributed by atoms with Crippen LogP contribution in [0.3, 0.4) is 0 Å². The molecule has 0 spiro atoms. The molecule has 138 valence electrons. The molecule has 0 aliphatic carbocycles. The predicted octanol–water partition coefficient (Wildman–Crippen LogP) is 4.23. The molecule has 6 heteroatoms. The smallest absolute Gasteiger partial charge is 0.349 e. The minimum absolute atomic E-state index is 0.288. The molecule has 26 heavy (non-hydrogen) atoms. The standard InChI is InChI=1S/C20H24N2O3S/c1-15-10-13-26-19(15)20(24)25-14-18(23)21-16-6-8-17(9-7-16)22-11-4-2-3-5-12-22/h6-10,13H,2-5,11-12,14H2,1H3,(H,21,23). The highest BCUT2D eigenvalue weighted by molar-refractivity contribution is 7.12. The number of carbonyl (C=O) groups excluding carboxylic acids is 2. The van der Waals surface area contributed by atoms with Crippen LogP contribution in [0.1, 0.15) is 40.9 Å². The fourth-order valence-electron chi connectivity index (χ4n) is 3.06. The Hall–Kier alpha value is -2.34. The molecular formula is C20H24N2O3S. The highest BCUT2D eigenvalue weighted by Crippen LogP contribution is 2.21. The summed E-state index contributed by atoms with van der Waals surface area (Å²) in [5.74, 6) is -0.792. The summed E-state index contributed by atoms with van der Waals surface area (Å²) < 4.78 is 5.09. The molecule has 0 atom stereocenters. The van der Waals surface area contributed by atoms with Gasteiger partial charge in [0.25, 0.3) is 5.91 Å². The third-order valence-corrected chi connectivity index (χ3v) is 5.50. The van der Waals surface area contributed by atoms with Gasteiger partial charge in [-0.1, -0.05) is 12.8 Å². The second-order valence-corrected chi connectivity index (χ2v) is 7.42. The molecule has 1 aliphatic rings. The number of thiophene rings is 1. The highest BCUT2D eigenvalue weighted by atomic mass is 32.1. The Kier molecular flexibility index (Phi) is 6.28. The van der Waals surface area contributed by atoms with Crippen LogP contribution in [0.2, 0.25) is 0 Å². The van der Waals surface area contributed by atoms with E-state index in [4.69, 9.17) is 4.74 Å². The zero-order chi connectivity index (χ0) is 18.4. The van der Waals surface area contributed by atoms with Gasteiger partial charge in [0.1, 0.15) is 4.88 Å². The molecular weight excluding hydrogens is 348 g/mol. The number of nitrogens with one attached hydrogen (secondary N) is 1. The molecule has 1 N–H and O–H groups in total. The molecule has 5 nitrogen and oxygen atoms in total. The van der Waals surface area contributed by atoms with E-state index in [2.05, 4.69) is 10.2 Å². The molecule has 0 bridgehead atoms. The molecule has 1 amide bonds. The van der Waals surface area contributed by atoms with Crippen molar-refractivity contribution in [3.8, 4) is 0 Å². The molecule has 1 aromatic carbocycles. The normalized spacial score (nSPS) is 14.6. The summed E-state index contributed by atoms with van der Waals surface area (Å²) in [7, 11) is 0. The molecule has 1 fully saturated rings. The first-order chi connectivity index (χ1) is 12.6. The molecule has 1 saturated heterocycles. The molecule has 1 aliphatic heterocycles. The van der Waals surface area contributed by atoms with Crippen LogP contribution in [0.25, 0.3) is 0 Å². The van der Waals surface area contributed by atoms with Crippen molar-refractivity contribution in [2.45, 2.75) is 32.6 Å². The number of esters is 1. The van der Waals surface area contributed by atoms with Gasteiger partial charge in [-0.25, -0.2) is 4.79 Å². The summed E-state index contributed by atoms with van der Waals surface area (Å²) in [6.07, 6.45) is 5.06. The van der Waals surface area contributed by atoms with E-state index in [1.54, 1.807) is 0 Å². The number of nitrogens with zero attached hydrogens (tertiary/aromatic N) is 1. The second kappa shape index (κ2) is 8.85. The van der Waals surface area contributed by atoms with Gasteiger partial charge in [-0.15, -0.1) is 11.3 Å². The van der Waals surface area contributed by atoms with E-state index in [1.807, 2.05) is 42.6 Å². The number of ether oxygens (including phenoxy) is 1. The zero-order valence-corrected chi connectivity index (χ0v) is 15.8. The van der Waals surface area contributed by atoms with Gasteiger partial charge in [0.15, 0.2) is 6.61 Å². The van der Waals surface area contributed by atoms with E-state index in [9.17, 15) is 9.59 Å². The third-order valence-electron chi connectivity index (χ3n) is 4.50. The topological polar surface area (TPSA) is 58.6 Å². The average molecular weight is 372 g/mol. The number of rotatable bonds is 5. The van der Waals surface area contributed by atoms with Gasteiger partial charge in [-0.2, -0.15) is 0 Å². The van der Waals surface area contributed by atoms with Gasteiger partial charge < -0.3 is 15.0 Å². The van der Waals surface area contributed by atoms with Crippen LogP contribution in [0.5, 0.6) is 0 Å². The van der Waals surface area contributed by atoms with E-state index < -0.39 is 5.97 Å². The number of hydrogen-bond donors (Lipinski definition) is 1. The van der Waals surface area contributed by atoms with Crippen molar-refractivity contribution in [2.75, 3.05) is 29.9 Å². The number of benzene rings is 1. The number of aryl methyl sites for hydroxylation is 1. The Labute approximate surface area is 158 Å². The maximum Gasteiger partial charge on any atom is 0.349 e. The highest BCUT2D eigenvalue weighted by Gasteiger charge is 2.14. The van der Waals surface area contributed by atoms with Gasteiger partial charge >= 0.3 is 5.97 Å². The lowest BCUT2D eigenvalue weighted by Crippen LogP contribution is -2.24. The second-order valence-electron chi connectivity index (χ2n) is 6.51. The zero-order valence-electron chi connectivity index (χ0n) is 15.0. The Morgan fingerprint density at radius 2 is 1.77 bits per heavy atom.